The van der Waals surface area contributed by atoms with Crippen LogP contribution in [0.5, 0.6) is 0 Å². The summed E-state index contributed by atoms with van der Waals surface area (Å²) in [6.07, 6.45) is 0.971. The first-order valence-electron chi connectivity index (χ1n) is 7.18. The number of hydrogen-bond acceptors (Lipinski definition) is 3. The predicted octanol–water partition coefficient (Wildman–Crippen LogP) is 2.37. The van der Waals surface area contributed by atoms with Crippen molar-refractivity contribution < 1.29 is 17.9 Å². The van der Waals surface area contributed by atoms with Crippen molar-refractivity contribution in [2.45, 2.75) is 44.7 Å². The summed E-state index contributed by atoms with van der Waals surface area (Å²) in [6.45, 7) is 6.00. The molecule has 1 aromatic rings. The quantitative estimate of drug-likeness (QED) is 0.931. The maximum atomic E-state index is 14.1. The van der Waals surface area contributed by atoms with Gasteiger partial charge in [0.1, 0.15) is 10.7 Å². The van der Waals surface area contributed by atoms with E-state index in [1.165, 1.54) is 16.4 Å². The van der Waals surface area contributed by atoms with Crippen molar-refractivity contribution in [3.05, 3.63) is 29.6 Å². The zero-order valence-corrected chi connectivity index (χ0v) is 13.4. The predicted molar refractivity (Wildman–Crippen MR) is 78.6 cm³/mol. The maximum absolute atomic E-state index is 14.1. The lowest BCUT2D eigenvalue weighted by molar-refractivity contribution is 0.157. The van der Waals surface area contributed by atoms with Crippen molar-refractivity contribution in [3.8, 4) is 0 Å². The average Bonchev–Trinajstić information content (AvgIpc) is 2.42. The maximum Gasteiger partial charge on any atom is 0.246 e. The zero-order chi connectivity index (χ0) is 15.8. The van der Waals surface area contributed by atoms with Crippen LogP contribution in [0.2, 0.25) is 0 Å². The SMILES string of the molecule is CC1CC(C)C(C)N(S(=O)(=O)c2ccc(CO)cc2F)C1. The van der Waals surface area contributed by atoms with Gasteiger partial charge in [-0.05, 0) is 42.9 Å². The highest BCUT2D eigenvalue weighted by molar-refractivity contribution is 7.89. The van der Waals surface area contributed by atoms with E-state index in [0.29, 0.717) is 12.1 Å². The Bertz CT molecular complexity index is 617. The molecule has 0 spiro atoms. The van der Waals surface area contributed by atoms with Gasteiger partial charge in [-0.15, -0.1) is 0 Å². The van der Waals surface area contributed by atoms with Gasteiger partial charge in [-0.2, -0.15) is 4.31 Å². The average molecular weight is 315 g/mol. The molecule has 1 aromatic carbocycles. The molecule has 1 saturated heterocycles. The number of sulfonamides is 1. The summed E-state index contributed by atoms with van der Waals surface area (Å²) >= 11 is 0. The van der Waals surface area contributed by atoms with Gasteiger partial charge in [0.25, 0.3) is 0 Å². The Hall–Kier alpha value is -0.980. The van der Waals surface area contributed by atoms with Crippen LogP contribution in [-0.4, -0.2) is 30.4 Å². The number of aliphatic hydroxyl groups excluding tert-OH is 1. The van der Waals surface area contributed by atoms with Gasteiger partial charge in [-0.1, -0.05) is 19.9 Å². The van der Waals surface area contributed by atoms with E-state index < -0.39 is 15.8 Å². The number of benzene rings is 1. The molecule has 1 aliphatic heterocycles. The van der Waals surface area contributed by atoms with Crippen LogP contribution in [0, 0.1) is 17.7 Å². The molecule has 3 atom stereocenters. The van der Waals surface area contributed by atoms with Gasteiger partial charge in [-0.25, -0.2) is 12.8 Å². The summed E-state index contributed by atoms with van der Waals surface area (Å²) < 4.78 is 41.0. The van der Waals surface area contributed by atoms with Crippen molar-refractivity contribution >= 4 is 10.0 Å². The number of rotatable bonds is 3. The van der Waals surface area contributed by atoms with Crippen LogP contribution in [0.4, 0.5) is 4.39 Å². The van der Waals surface area contributed by atoms with Gasteiger partial charge in [-0.3, -0.25) is 0 Å². The van der Waals surface area contributed by atoms with Crippen molar-refractivity contribution in [1.29, 1.82) is 0 Å². The molecule has 1 N–H and O–H groups in total. The van der Waals surface area contributed by atoms with E-state index in [9.17, 15) is 12.8 Å². The summed E-state index contributed by atoms with van der Waals surface area (Å²) in [5.74, 6) is -0.311. The Balaban J connectivity index is 2.41. The summed E-state index contributed by atoms with van der Waals surface area (Å²) in [5.41, 5.74) is 0.361. The van der Waals surface area contributed by atoms with E-state index in [1.54, 1.807) is 0 Å². The topological polar surface area (TPSA) is 57.6 Å². The lowest BCUT2D eigenvalue weighted by atomic mass is 9.88. The fourth-order valence-electron chi connectivity index (χ4n) is 2.96. The van der Waals surface area contributed by atoms with E-state index >= 15 is 0 Å². The van der Waals surface area contributed by atoms with Crippen LogP contribution >= 0.6 is 0 Å². The third kappa shape index (κ3) is 3.12. The second-order valence-electron chi connectivity index (χ2n) is 6.06. The molecule has 4 nitrogen and oxygen atoms in total. The van der Waals surface area contributed by atoms with Gasteiger partial charge < -0.3 is 5.11 Å². The van der Waals surface area contributed by atoms with Gasteiger partial charge in [0.15, 0.2) is 0 Å². The van der Waals surface area contributed by atoms with Crippen molar-refractivity contribution in [3.63, 3.8) is 0 Å². The molecule has 0 saturated carbocycles. The second kappa shape index (κ2) is 6.02. The van der Waals surface area contributed by atoms with Crippen molar-refractivity contribution in [2.75, 3.05) is 6.54 Å². The molecular formula is C15H22FNO3S. The molecule has 21 heavy (non-hydrogen) atoms. The molecule has 0 bridgehead atoms. The summed E-state index contributed by atoms with van der Waals surface area (Å²) in [6, 6.07) is 3.61. The van der Waals surface area contributed by atoms with Crippen LogP contribution in [0.15, 0.2) is 23.1 Å². The largest absolute Gasteiger partial charge is 0.392 e. The van der Waals surface area contributed by atoms with Gasteiger partial charge in [0.05, 0.1) is 6.61 Å². The zero-order valence-electron chi connectivity index (χ0n) is 12.6. The van der Waals surface area contributed by atoms with Crippen LogP contribution < -0.4 is 0 Å². The molecule has 1 fully saturated rings. The number of nitrogens with zero attached hydrogens (tertiary/aromatic N) is 1. The van der Waals surface area contributed by atoms with Crippen LogP contribution in [0.3, 0.4) is 0 Å². The van der Waals surface area contributed by atoms with Gasteiger partial charge in [0.2, 0.25) is 10.0 Å². The number of aliphatic hydroxyl groups is 1. The number of piperidine rings is 1. The summed E-state index contributed by atoms with van der Waals surface area (Å²) in [5, 5.41) is 8.99. The molecule has 0 amide bonds. The Labute approximate surface area is 125 Å². The fraction of sp³-hybridized carbons (Fsp3) is 0.600. The Kier molecular flexibility index (Phi) is 4.70. The summed E-state index contributed by atoms with van der Waals surface area (Å²) in [4.78, 5) is -0.312. The van der Waals surface area contributed by atoms with Crippen molar-refractivity contribution in [1.82, 2.24) is 4.31 Å². The highest BCUT2D eigenvalue weighted by atomic mass is 32.2. The molecule has 6 heteroatoms. The first kappa shape index (κ1) is 16.4. The van der Waals surface area contributed by atoms with Crippen LogP contribution in [-0.2, 0) is 16.6 Å². The highest BCUT2D eigenvalue weighted by Crippen LogP contribution is 2.32. The van der Waals surface area contributed by atoms with Crippen LogP contribution in [0.1, 0.15) is 32.8 Å². The van der Waals surface area contributed by atoms with Crippen molar-refractivity contribution in [2.24, 2.45) is 11.8 Å². The third-order valence-electron chi connectivity index (χ3n) is 4.31. The molecule has 2 rings (SSSR count). The lowest BCUT2D eigenvalue weighted by Gasteiger charge is -2.40. The Morgan fingerprint density at radius 3 is 2.57 bits per heavy atom. The smallest absolute Gasteiger partial charge is 0.246 e. The molecule has 1 heterocycles. The van der Waals surface area contributed by atoms with Crippen LogP contribution in [0.25, 0.3) is 0 Å². The molecule has 1 aliphatic rings. The Morgan fingerprint density at radius 1 is 1.33 bits per heavy atom. The molecular weight excluding hydrogens is 293 g/mol. The third-order valence-corrected chi connectivity index (χ3v) is 6.30. The normalized spacial score (nSPS) is 27.8. The molecule has 118 valence electrons. The number of hydrogen-bond donors (Lipinski definition) is 1. The number of halogens is 1. The minimum Gasteiger partial charge on any atom is -0.392 e. The van der Waals surface area contributed by atoms with E-state index in [-0.39, 0.29) is 29.4 Å². The molecule has 3 unspecified atom stereocenters. The molecule has 0 aromatic heterocycles. The minimum atomic E-state index is -3.86. The standard InChI is InChI=1S/C15H22FNO3S/c1-10-6-11(2)12(3)17(8-10)21(19,20)15-5-4-13(9-18)7-14(15)16/h4-5,7,10-12,18H,6,8-9H2,1-3H3. The molecule has 0 aliphatic carbocycles. The Morgan fingerprint density at radius 2 is 2.00 bits per heavy atom. The van der Waals surface area contributed by atoms with Gasteiger partial charge >= 0.3 is 0 Å². The lowest BCUT2D eigenvalue weighted by Crippen LogP contribution is -2.48. The second-order valence-corrected chi connectivity index (χ2v) is 7.92. The first-order chi connectivity index (χ1) is 9.77. The van der Waals surface area contributed by atoms with Gasteiger partial charge in [0, 0.05) is 12.6 Å². The highest BCUT2D eigenvalue weighted by Gasteiger charge is 2.38. The minimum absolute atomic E-state index is 0.150. The molecule has 0 radical (unpaired) electrons. The monoisotopic (exact) mass is 315 g/mol. The van der Waals surface area contributed by atoms with E-state index in [4.69, 9.17) is 5.11 Å². The van der Waals surface area contributed by atoms with E-state index in [1.807, 2.05) is 20.8 Å². The van der Waals surface area contributed by atoms with E-state index in [2.05, 4.69) is 0 Å². The fourth-order valence-corrected chi connectivity index (χ4v) is 4.85. The van der Waals surface area contributed by atoms with E-state index in [0.717, 1.165) is 12.5 Å². The summed E-state index contributed by atoms with van der Waals surface area (Å²) in [7, 11) is -3.86. The first-order valence-corrected chi connectivity index (χ1v) is 8.62.